The van der Waals surface area contributed by atoms with Gasteiger partial charge in [-0.2, -0.15) is 5.10 Å². The summed E-state index contributed by atoms with van der Waals surface area (Å²) in [7, 11) is 0. The molecule has 0 aliphatic carbocycles. The second kappa shape index (κ2) is 17.5. The number of fused-ring (bicyclic) bond motifs is 2. The van der Waals surface area contributed by atoms with Crippen LogP contribution in [-0.2, 0) is 32.1 Å². The SMILES string of the molecule is Cc1nc2n(n1)CC(=O)NCCN(CC1=Cc3cc(Cl)ccc3OC1)CCCC(=O)N[C@@H](C)C(=O)N[C@H](Cc1ccccc1)C(=O)N[C@H]2C(C)C. The molecule has 0 saturated heterocycles. The highest BCUT2D eigenvalue weighted by Gasteiger charge is 2.31. The van der Waals surface area contributed by atoms with E-state index in [1.807, 2.05) is 56.3 Å². The van der Waals surface area contributed by atoms with E-state index in [-0.39, 0.29) is 37.1 Å². The lowest BCUT2D eigenvalue weighted by Crippen LogP contribution is -2.54. The number of aryl methyl sites for hydroxylation is 1. The molecule has 0 radical (unpaired) electrons. The molecule has 2 aliphatic heterocycles. The van der Waals surface area contributed by atoms with Gasteiger partial charge >= 0.3 is 0 Å². The number of aromatic nitrogens is 3. The Labute approximate surface area is 303 Å². The van der Waals surface area contributed by atoms with Gasteiger partial charge in [0.1, 0.15) is 36.8 Å². The Bertz CT molecular complexity index is 1740. The molecule has 13 nitrogen and oxygen atoms in total. The first-order valence-electron chi connectivity index (χ1n) is 17.4. The highest BCUT2D eigenvalue weighted by atomic mass is 35.5. The molecule has 4 N–H and O–H groups in total. The van der Waals surface area contributed by atoms with Crippen molar-refractivity contribution in [1.29, 1.82) is 0 Å². The van der Waals surface area contributed by atoms with Crippen molar-refractivity contribution in [3.8, 4) is 5.75 Å². The molecule has 1 aromatic heterocycles. The number of nitrogens with zero attached hydrogens (tertiary/aromatic N) is 4. The number of hydrogen-bond acceptors (Lipinski definition) is 8. The van der Waals surface area contributed by atoms with E-state index in [4.69, 9.17) is 16.3 Å². The molecule has 0 saturated carbocycles. The normalized spacial score (nSPS) is 21.6. The summed E-state index contributed by atoms with van der Waals surface area (Å²) in [5, 5.41) is 16.8. The topological polar surface area (TPSA) is 160 Å². The maximum absolute atomic E-state index is 13.9. The molecule has 0 spiro atoms. The van der Waals surface area contributed by atoms with E-state index in [0.717, 1.165) is 22.4 Å². The number of hydrogen-bond donors (Lipinski definition) is 4. The zero-order valence-corrected chi connectivity index (χ0v) is 30.3. The van der Waals surface area contributed by atoms with Crippen LogP contribution in [0.4, 0.5) is 0 Å². The summed E-state index contributed by atoms with van der Waals surface area (Å²) in [5.41, 5.74) is 2.79. The third-order valence-electron chi connectivity index (χ3n) is 8.83. The summed E-state index contributed by atoms with van der Waals surface area (Å²) in [6, 6.07) is 12.5. The van der Waals surface area contributed by atoms with Crippen LogP contribution < -0.4 is 26.0 Å². The van der Waals surface area contributed by atoms with Crippen LogP contribution in [0.15, 0.2) is 54.1 Å². The van der Waals surface area contributed by atoms with Crippen LogP contribution in [0.1, 0.15) is 62.4 Å². The first-order chi connectivity index (χ1) is 24.4. The minimum atomic E-state index is -0.943. The van der Waals surface area contributed by atoms with Gasteiger partial charge in [-0.15, -0.1) is 0 Å². The Morgan fingerprint density at radius 1 is 0.980 bits per heavy atom. The zero-order chi connectivity index (χ0) is 36.5. The second-order valence-electron chi connectivity index (χ2n) is 13.4. The van der Waals surface area contributed by atoms with Gasteiger partial charge in [-0.3, -0.25) is 24.1 Å². The van der Waals surface area contributed by atoms with Crippen molar-refractivity contribution in [2.24, 2.45) is 5.92 Å². The number of halogens is 1. The Balaban J connectivity index is 1.37. The molecule has 2 aliphatic rings. The van der Waals surface area contributed by atoms with Gasteiger partial charge in [0.15, 0.2) is 5.82 Å². The maximum Gasteiger partial charge on any atom is 0.243 e. The van der Waals surface area contributed by atoms with Gasteiger partial charge in [-0.05, 0) is 68.1 Å². The molecule has 2 aromatic carbocycles. The number of carbonyl (C=O) groups is 4. The van der Waals surface area contributed by atoms with Crippen molar-refractivity contribution >= 4 is 41.3 Å². The minimum Gasteiger partial charge on any atom is -0.489 e. The van der Waals surface area contributed by atoms with Crippen molar-refractivity contribution in [2.75, 3.05) is 32.8 Å². The molecular weight excluding hydrogens is 672 g/mol. The van der Waals surface area contributed by atoms with Gasteiger partial charge < -0.3 is 26.0 Å². The summed E-state index contributed by atoms with van der Waals surface area (Å²) >= 11 is 6.22. The van der Waals surface area contributed by atoms with Crippen LogP contribution >= 0.6 is 11.6 Å². The summed E-state index contributed by atoms with van der Waals surface area (Å²) in [4.78, 5) is 60.3. The predicted octanol–water partition coefficient (Wildman–Crippen LogP) is 2.97. The smallest absolute Gasteiger partial charge is 0.243 e. The average molecular weight is 719 g/mol. The third kappa shape index (κ3) is 10.6. The van der Waals surface area contributed by atoms with Crippen LogP contribution in [0.5, 0.6) is 5.75 Å². The van der Waals surface area contributed by atoms with Crippen LogP contribution in [-0.4, -0.2) is 88.2 Å². The second-order valence-corrected chi connectivity index (χ2v) is 13.9. The first-order valence-corrected chi connectivity index (χ1v) is 17.8. The molecule has 51 heavy (non-hydrogen) atoms. The van der Waals surface area contributed by atoms with Crippen molar-refractivity contribution < 1.29 is 23.9 Å². The summed E-state index contributed by atoms with van der Waals surface area (Å²) in [6.07, 6.45) is 3.00. The molecular formula is C37H47ClN8O5. The first kappa shape index (κ1) is 37.5. The molecule has 5 rings (SSSR count). The molecule has 4 amide bonds. The number of rotatable bonds is 5. The van der Waals surface area contributed by atoms with Gasteiger partial charge in [-0.1, -0.05) is 55.8 Å². The number of ether oxygens (including phenoxy) is 1. The van der Waals surface area contributed by atoms with Crippen LogP contribution in [0.2, 0.25) is 5.02 Å². The standard InChI is InChI=1S/C37H47ClN8O5/c1-23(2)34-35-41-25(4)44-46(35)21-33(48)39-14-16-45(20-27-17-28-19-29(38)12-13-31(28)51-22-27)15-8-11-32(47)40-24(3)36(49)42-30(37(50)43-34)18-26-9-6-5-7-10-26/h5-7,9-10,12-13,17,19,23-24,30,34H,8,11,14-16,18,20-22H2,1-4H3,(H,39,48)(H,40,47)(H,42,49)(H,43,50)/t24-,30+,34-/m0/s1. The third-order valence-corrected chi connectivity index (χ3v) is 9.06. The molecule has 3 atom stereocenters. The average Bonchev–Trinajstić information content (AvgIpc) is 3.44. The lowest BCUT2D eigenvalue weighted by Gasteiger charge is -2.27. The van der Waals surface area contributed by atoms with E-state index in [1.54, 1.807) is 19.9 Å². The van der Waals surface area contributed by atoms with Crippen LogP contribution in [0.3, 0.4) is 0 Å². The lowest BCUT2D eigenvalue weighted by molar-refractivity contribution is -0.132. The van der Waals surface area contributed by atoms with E-state index in [0.29, 0.717) is 55.9 Å². The molecule has 14 heteroatoms. The van der Waals surface area contributed by atoms with Crippen molar-refractivity contribution in [3.05, 3.63) is 81.9 Å². The molecule has 3 heterocycles. The fraction of sp³-hybridized carbons (Fsp3) is 0.459. The lowest BCUT2D eigenvalue weighted by atomic mass is 10.0. The Morgan fingerprint density at radius 3 is 2.53 bits per heavy atom. The van der Waals surface area contributed by atoms with Crippen molar-refractivity contribution in [2.45, 2.75) is 71.6 Å². The Kier molecular flexibility index (Phi) is 12.8. The predicted molar refractivity (Wildman–Crippen MR) is 194 cm³/mol. The van der Waals surface area contributed by atoms with Gasteiger partial charge in [0, 0.05) is 43.1 Å². The van der Waals surface area contributed by atoms with E-state index < -0.39 is 29.9 Å². The van der Waals surface area contributed by atoms with Gasteiger partial charge in [0.2, 0.25) is 23.6 Å². The number of carbonyl (C=O) groups excluding carboxylic acids is 4. The summed E-state index contributed by atoms with van der Waals surface area (Å²) < 4.78 is 7.49. The number of benzene rings is 2. The Morgan fingerprint density at radius 2 is 1.76 bits per heavy atom. The van der Waals surface area contributed by atoms with Crippen molar-refractivity contribution in [3.63, 3.8) is 0 Å². The maximum atomic E-state index is 13.9. The molecule has 0 fully saturated rings. The largest absolute Gasteiger partial charge is 0.489 e. The van der Waals surface area contributed by atoms with Gasteiger partial charge in [0.25, 0.3) is 0 Å². The van der Waals surface area contributed by atoms with E-state index in [2.05, 4.69) is 42.3 Å². The molecule has 272 valence electrons. The highest BCUT2D eigenvalue weighted by Crippen LogP contribution is 2.29. The molecule has 0 bridgehead atoms. The van der Waals surface area contributed by atoms with Crippen LogP contribution in [0.25, 0.3) is 6.08 Å². The Hall–Kier alpha value is -4.75. The quantitative estimate of drug-likeness (QED) is 0.314. The summed E-state index contributed by atoms with van der Waals surface area (Å²) in [6.45, 7) is 9.54. The fourth-order valence-corrected chi connectivity index (χ4v) is 6.37. The fourth-order valence-electron chi connectivity index (χ4n) is 6.19. The number of nitrogens with one attached hydrogen (secondary N) is 4. The molecule has 0 unspecified atom stereocenters. The molecule has 3 aromatic rings. The van der Waals surface area contributed by atoms with Crippen molar-refractivity contribution in [1.82, 2.24) is 40.9 Å². The highest BCUT2D eigenvalue weighted by molar-refractivity contribution is 6.30. The monoisotopic (exact) mass is 718 g/mol. The van der Waals surface area contributed by atoms with E-state index in [9.17, 15) is 19.2 Å². The van der Waals surface area contributed by atoms with E-state index in [1.165, 1.54) is 4.68 Å². The number of amides is 4. The zero-order valence-electron chi connectivity index (χ0n) is 29.6. The van der Waals surface area contributed by atoms with E-state index >= 15 is 0 Å². The van der Waals surface area contributed by atoms with Gasteiger partial charge in [-0.25, -0.2) is 9.67 Å². The van der Waals surface area contributed by atoms with Gasteiger partial charge in [0.05, 0.1) is 6.04 Å². The van der Waals surface area contributed by atoms with Crippen LogP contribution in [0, 0.1) is 12.8 Å². The minimum absolute atomic E-state index is 0.0896. The summed E-state index contributed by atoms with van der Waals surface area (Å²) in [5.74, 6) is 0.128.